The third-order valence-corrected chi connectivity index (χ3v) is 6.57. The lowest BCUT2D eigenvalue weighted by Gasteiger charge is -2.62. The lowest BCUT2D eigenvalue weighted by molar-refractivity contribution is -0.113. The number of amides is 1. The molecule has 0 aliphatic heterocycles. The molecule has 2 aromatic heterocycles. The van der Waals surface area contributed by atoms with Crippen LogP contribution in [0, 0.1) is 34.5 Å². The van der Waals surface area contributed by atoms with Gasteiger partial charge in [0, 0.05) is 17.6 Å². The smallest absolute Gasteiger partial charge is 0.268 e. The van der Waals surface area contributed by atoms with E-state index < -0.39 is 0 Å². The number of aromatic nitrogens is 2. The number of hydrogen-bond acceptors (Lipinski definition) is 3. The van der Waals surface area contributed by atoms with Crippen LogP contribution in [-0.4, -0.2) is 21.9 Å². The average Bonchev–Trinajstić information content (AvgIpc) is 3.00. The van der Waals surface area contributed by atoms with Crippen molar-refractivity contribution in [3.05, 3.63) is 29.6 Å². The Balaban J connectivity index is 1.54. The first kappa shape index (κ1) is 15.2. The van der Waals surface area contributed by atoms with E-state index in [0.29, 0.717) is 45.5 Å². The van der Waals surface area contributed by atoms with E-state index in [9.17, 15) is 10.1 Å². The molecule has 5 heteroatoms. The molecule has 3 fully saturated rings. The summed E-state index contributed by atoms with van der Waals surface area (Å²) in [4.78, 5) is 19.9. The second-order valence-electron chi connectivity index (χ2n) is 7.95. The van der Waals surface area contributed by atoms with E-state index in [1.54, 1.807) is 18.3 Å². The second kappa shape index (κ2) is 5.07. The van der Waals surface area contributed by atoms with Crippen molar-refractivity contribution >= 4 is 16.9 Å². The Kier molecular flexibility index (Phi) is 3.21. The van der Waals surface area contributed by atoms with Crippen molar-refractivity contribution in [2.45, 2.75) is 39.7 Å². The zero-order valence-corrected chi connectivity index (χ0v) is 14.3. The number of aromatic amines is 1. The molecule has 3 aliphatic carbocycles. The Bertz CT molecular complexity index is 860. The lowest BCUT2D eigenvalue weighted by Crippen LogP contribution is -2.60. The Morgan fingerprint density at radius 3 is 2.92 bits per heavy atom. The number of rotatable bonds is 2. The predicted molar refractivity (Wildman–Crippen MR) is 91.2 cm³/mol. The molecule has 2 N–H and O–H groups in total. The fourth-order valence-corrected chi connectivity index (χ4v) is 4.83. The van der Waals surface area contributed by atoms with Crippen LogP contribution in [0.4, 0.5) is 0 Å². The first-order valence-corrected chi connectivity index (χ1v) is 8.60. The summed E-state index contributed by atoms with van der Waals surface area (Å²) in [6.07, 6.45) is 3.93. The highest BCUT2D eigenvalue weighted by molar-refractivity contribution is 5.98. The van der Waals surface area contributed by atoms with Crippen molar-refractivity contribution < 1.29 is 4.79 Å². The van der Waals surface area contributed by atoms with Gasteiger partial charge in [0.25, 0.3) is 5.91 Å². The van der Waals surface area contributed by atoms with Crippen LogP contribution in [0.3, 0.4) is 0 Å². The van der Waals surface area contributed by atoms with Gasteiger partial charge in [-0.3, -0.25) is 4.79 Å². The van der Waals surface area contributed by atoms with Crippen molar-refractivity contribution in [2.75, 3.05) is 0 Å². The number of nitrogens with one attached hydrogen (secondary N) is 2. The minimum atomic E-state index is -0.104. The molecule has 0 aromatic carbocycles. The molecule has 0 radical (unpaired) electrons. The molecule has 0 unspecified atom stereocenters. The Morgan fingerprint density at radius 2 is 2.25 bits per heavy atom. The van der Waals surface area contributed by atoms with Crippen molar-refractivity contribution in [1.29, 1.82) is 5.26 Å². The monoisotopic (exact) mass is 322 g/mol. The number of carbonyl (C=O) groups excluding carboxylic acids is 1. The summed E-state index contributed by atoms with van der Waals surface area (Å²) in [5, 5.41) is 13.1. The molecule has 4 atom stereocenters. The average molecular weight is 322 g/mol. The van der Waals surface area contributed by atoms with Crippen LogP contribution >= 0.6 is 0 Å². The molecule has 2 aromatic rings. The van der Waals surface area contributed by atoms with Gasteiger partial charge < -0.3 is 10.3 Å². The predicted octanol–water partition coefficient (Wildman–Crippen LogP) is 3.24. The van der Waals surface area contributed by atoms with Crippen molar-refractivity contribution in [3.63, 3.8) is 0 Å². The standard InChI is InChI=1S/C19H22N4O/c1-10-14-6-12(19(14,2)3)7-15(10)23-18(24)16-8-13-11(9-20)4-5-21-17(13)22-16/h4-5,8,10,12,14-15H,6-7H2,1-3H3,(H,21,22)(H,23,24)/t10-,12+,14-,15-/m0/s1. The number of nitrogens with zero attached hydrogens (tertiary/aromatic N) is 2. The number of pyridine rings is 1. The van der Waals surface area contributed by atoms with Gasteiger partial charge in [0.15, 0.2) is 0 Å². The summed E-state index contributed by atoms with van der Waals surface area (Å²) >= 11 is 0. The summed E-state index contributed by atoms with van der Waals surface area (Å²) in [5.74, 6) is 1.79. The molecule has 124 valence electrons. The summed E-state index contributed by atoms with van der Waals surface area (Å²) < 4.78 is 0. The molecular formula is C19H22N4O. The minimum absolute atomic E-state index is 0.104. The van der Waals surface area contributed by atoms with E-state index in [1.165, 1.54) is 6.42 Å². The number of hydrogen-bond donors (Lipinski definition) is 2. The fraction of sp³-hybridized carbons (Fsp3) is 0.526. The molecule has 0 saturated heterocycles. The number of nitriles is 1. The van der Waals surface area contributed by atoms with Gasteiger partial charge in [-0.05, 0) is 48.1 Å². The van der Waals surface area contributed by atoms with Gasteiger partial charge in [-0.25, -0.2) is 4.98 Å². The SMILES string of the molecule is C[C@@H]1[C@@H](NC(=O)c2cc3c(C#N)ccnc3[nH]2)C[C@H]2C[C@@H]1C2(C)C. The maximum atomic E-state index is 12.7. The summed E-state index contributed by atoms with van der Waals surface area (Å²) in [6, 6.07) is 5.76. The van der Waals surface area contributed by atoms with E-state index in [4.69, 9.17) is 0 Å². The quantitative estimate of drug-likeness (QED) is 0.890. The Labute approximate surface area is 141 Å². The van der Waals surface area contributed by atoms with E-state index in [2.05, 4.69) is 42.1 Å². The van der Waals surface area contributed by atoms with Gasteiger partial charge in [-0.2, -0.15) is 5.26 Å². The highest BCUT2D eigenvalue weighted by Gasteiger charge is 2.56. The van der Waals surface area contributed by atoms with E-state index in [-0.39, 0.29) is 11.9 Å². The van der Waals surface area contributed by atoms with Gasteiger partial charge in [-0.1, -0.05) is 20.8 Å². The third-order valence-electron chi connectivity index (χ3n) is 6.57. The van der Waals surface area contributed by atoms with E-state index >= 15 is 0 Å². The molecule has 3 saturated carbocycles. The zero-order chi connectivity index (χ0) is 17.1. The van der Waals surface area contributed by atoms with Gasteiger partial charge in [-0.15, -0.1) is 0 Å². The maximum Gasteiger partial charge on any atom is 0.268 e. The Morgan fingerprint density at radius 1 is 1.46 bits per heavy atom. The number of carbonyl (C=O) groups is 1. The van der Waals surface area contributed by atoms with E-state index in [1.807, 2.05) is 0 Å². The van der Waals surface area contributed by atoms with Crippen LogP contribution in [-0.2, 0) is 0 Å². The maximum absolute atomic E-state index is 12.7. The largest absolute Gasteiger partial charge is 0.348 e. The van der Waals surface area contributed by atoms with Crippen LogP contribution in [0.25, 0.3) is 11.0 Å². The highest BCUT2D eigenvalue weighted by Crippen LogP contribution is 2.61. The topological polar surface area (TPSA) is 81.6 Å². The van der Waals surface area contributed by atoms with Crippen LogP contribution in [0.15, 0.2) is 18.3 Å². The van der Waals surface area contributed by atoms with Crippen molar-refractivity contribution in [2.24, 2.45) is 23.2 Å². The molecule has 0 spiro atoms. The van der Waals surface area contributed by atoms with Gasteiger partial charge in [0.2, 0.25) is 0 Å². The van der Waals surface area contributed by atoms with Gasteiger partial charge in [0.1, 0.15) is 11.3 Å². The summed E-state index contributed by atoms with van der Waals surface area (Å²) in [7, 11) is 0. The Hall–Kier alpha value is -2.35. The van der Waals surface area contributed by atoms with Crippen LogP contribution in [0.2, 0.25) is 0 Å². The molecule has 5 rings (SSSR count). The minimum Gasteiger partial charge on any atom is -0.348 e. The molecule has 1 amide bonds. The van der Waals surface area contributed by atoms with Crippen LogP contribution < -0.4 is 5.32 Å². The van der Waals surface area contributed by atoms with Gasteiger partial charge >= 0.3 is 0 Å². The second-order valence-corrected chi connectivity index (χ2v) is 7.95. The molecule has 2 heterocycles. The summed E-state index contributed by atoms with van der Waals surface area (Å²) in [6.45, 7) is 6.97. The first-order chi connectivity index (χ1) is 11.4. The van der Waals surface area contributed by atoms with Crippen molar-refractivity contribution in [3.8, 4) is 6.07 Å². The number of H-pyrrole nitrogens is 1. The number of fused-ring (bicyclic) bond motifs is 3. The fourth-order valence-electron chi connectivity index (χ4n) is 4.83. The summed E-state index contributed by atoms with van der Waals surface area (Å²) in [5.41, 5.74) is 2.00. The van der Waals surface area contributed by atoms with Crippen LogP contribution in [0.1, 0.15) is 49.7 Å². The molecule has 5 nitrogen and oxygen atoms in total. The van der Waals surface area contributed by atoms with Crippen molar-refractivity contribution in [1.82, 2.24) is 15.3 Å². The molecule has 24 heavy (non-hydrogen) atoms. The highest BCUT2D eigenvalue weighted by atomic mass is 16.1. The first-order valence-electron chi connectivity index (χ1n) is 8.60. The van der Waals surface area contributed by atoms with Crippen LogP contribution in [0.5, 0.6) is 0 Å². The zero-order valence-electron chi connectivity index (χ0n) is 14.3. The molecule has 2 bridgehead atoms. The van der Waals surface area contributed by atoms with Gasteiger partial charge in [0.05, 0.1) is 11.6 Å². The molecular weight excluding hydrogens is 300 g/mol. The van der Waals surface area contributed by atoms with E-state index in [0.717, 1.165) is 6.42 Å². The lowest BCUT2D eigenvalue weighted by atomic mass is 9.45. The normalized spacial score (nSPS) is 30.4. The molecule has 3 aliphatic rings. The third kappa shape index (κ3) is 2.06.